The number of carbonyl (C=O) groups is 1. The van der Waals surface area contributed by atoms with E-state index in [-0.39, 0.29) is 10.8 Å². The van der Waals surface area contributed by atoms with Gasteiger partial charge in [0.2, 0.25) is 0 Å². The van der Waals surface area contributed by atoms with Crippen molar-refractivity contribution in [3.05, 3.63) is 78.4 Å². The van der Waals surface area contributed by atoms with Gasteiger partial charge in [-0.15, -0.1) is 0 Å². The van der Waals surface area contributed by atoms with Crippen molar-refractivity contribution in [1.82, 2.24) is 0 Å². The number of hydrogen-bond acceptors (Lipinski definition) is 5. The first-order valence-electron chi connectivity index (χ1n) is 9.58. The van der Waals surface area contributed by atoms with Crippen LogP contribution in [0.4, 0.5) is 11.4 Å². The van der Waals surface area contributed by atoms with E-state index in [0.29, 0.717) is 22.9 Å². The van der Waals surface area contributed by atoms with Crippen LogP contribution in [0.15, 0.2) is 77.7 Å². The second-order valence-electron chi connectivity index (χ2n) is 6.93. The van der Waals surface area contributed by atoms with Crippen molar-refractivity contribution in [1.29, 1.82) is 0 Å². The van der Waals surface area contributed by atoms with Crippen LogP contribution < -0.4 is 19.5 Å². The van der Waals surface area contributed by atoms with Crippen LogP contribution in [0.3, 0.4) is 0 Å². The third kappa shape index (κ3) is 5.99. The van der Waals surface area contributed by atoms with E-state index in [1.807, 2.05) is 25.1 Å². The fraction of sp³-hybridized carbons (Fsp3) is 0.174. The third-order valence-electron chi connectivity index (χ3n) is 4.43. The molecule has 1 amide bonds. The van der Waals surface area contributed by atoms with Crippen molar-refractivity contribution in [2.24, 2.45) is 0 Å². The van der Waals surface area contributed by atoms with Gasteiger partial charge in [-0.3, -0.25) is 9.52 Å². The van der Waals surface area contributed by atoms with Crippen molar-refractivity contribution in [2.75, 3.05) is 17.1 Å². The lowest BCUT2D eigenvalue weighted by Gasteiger charge is -2.15. The number of nitrogens with one attached hydrogen (secondary N) is 2. The number of hydrogen-bond donors (Lipinski definition) is 2. The molecule has 0 heterocycles. The molecule has 0 unspecified atom stereocenters. The summed E-state index contributed by atoms with van der Waals surface area (Å²) < 4.78 is 38.5. The maximum atomic E-state index is 12.6. The zero-order valence-electron chi connectivity index (χ0n) is 17.5. The van der Waals surface area contributed by atoms with Crippen LogP contribution in [0.1, 0.15) is 12.5 Å². The minimum atomic E-state index is -3.79. The molecule has 0 aliphatic rings. The summed E-state index contributed by atoms with van der Waals surface area (Å²) in [6, 6.07) is 19.9. The van der Waals surface area contributed by atoms with E-state index in [4.69, 9.17) is 9.47 Å². The van der Waals surface area contributed by atoms with Gasteiger partial charge in [0.1, 0.15) is 11.5 Å². The number of rotatable bonds is 8. The molecule has 31 heavy (non-hydrogen) atoms. The van der Waals surface area contributed by atoms with Gasteiger partial charge in [-0.05, 0) is 67.9 Å². The first-order valence-corrected chi connectivity index (χ1v) is 11.1. The Morgan fingerprint density at radius 2 is 1.58 bits per heavy atom. The maximum absolute atomic E-state index is 12.6. The van der Waals surface area contributed by atoms with Gasteiger partial charge < -0.3 is 14.8 Å². The van der Waals surface area contributed by atoms with E-state index < -0.39 is 16.1 Å². The van der Waals surface area contributed by atoms with Gasteiger partial charge in [0.25, 0.3) is 15.9 Å². The van der Waals surface area contributed by atoms with E-state index in [2.05, 4.69) is 10.0 Å². The van der Waals surface area contributed by atoms with E-state index in [9.17, 15) is 13.2 Å². The summed E-state index contributed by atoms with van der Waals surface area (Å²) in [7, 11) is -2.28. The monoisotopic (exact) mass is 440 g/mol. The lowest BCUT2D eigenvalue weighted by Crippen LogP contribution is -2.30. The van der Waals surface area contributed by atoms with Gasteiger partial charge in [-0.1, -0.05) is 18.2 Å². The lowest BCUT2D eigenvalue weighted by molar-refractivity contribution is -0.122. The quantitative estimate of drug-likeness (QED) is 0.547. The number of benzene rings is 3. The van der Waals surface area contributed by atoms with E-state index in [1.165, 1.54) is 31.4 Å². The summed E-state index contributed by atoms with van der Waals surface area (Å²) in [5.41, 5.74) is 1.88. The van der Waals surface area contributed by atoms with Gasteiger partial charge in [-0.2, -0.15) is 0 Å². The number of methoxy groups -OCH3 is 1. The van der Waals surface area contributed by atoms with Crippen LogP contribution in [0.25, 0.3) is 0 Å². The first-order chi connectivity index (χ1) is 14.8. The number of ether oxygens (including phenoxy) is 2. The van der Waals surface area contributed by atoms with Crippen LogP contribution in [0.5, 0.6) is 11.5 Å². The number of sulfonamides is 1. The van der Waals surface area contributed by atoms with Crippen molar-refractivity contribution < 1.29 is 22.7 Å². The molecule has 0 radical (unpaired) electrons. The van der Waals surface area contributed by atoms with Crippen LogP contribution in [-0.4, -0.2) is 27.5 Å². The maximum Gasteiger partial charge on any atom is 0.265 e. The Morgan fingerprint density at radius 3 is 2.26 bits per heavy atom. The van der Waals surface area contributed by atoms with E-state index in [0.717, 1.165) is 5.56 Å². The molecule has 0 aliphatic carbocycles. The zero-order valence-corrected chi connectivity index (χ0v) is 18.3. The molecule has 0 spiro atoms. The Kier molecular flexibility index (Phi) is 6.81. The molecule has 1 atom stereocenters. The summed E-state index contributed by atoms with van der Waals surface area (Å²) in [6.07, 6.45) is -0.722. The van der Waals surface area contributed by atoms with Crippen molar-refractivity contribution in [2.45, 2.75) is 24.8 Å². The number of amides is 1. The Labute approximate surface area is 182 Å². The fourth-order valence-corrected chi connectivity index (χ4v) is 3.86. The normalized spacial score (nSPS) is 12.0. The molecule has 8 heteroatoms. The van der Waals surface area contributed by atoms with Crippen LogP contribution in [-0.2, 0) is 14.8 Å². The van der Waals surface area contributed by atoms with Crippen LogP contribution in [0, 0.1) is 6.92 Å². The molecule has 3 aromatic rings. The molecule has 7 nitrogen and oxygen atoms in total. The summed E-state index contributed by atoms with van der Waals surface area (Å²) in [6.45, 7) is 3.59. The number of carbonyl (C=O) groups excluding carboxylic acids is 1. The van der Waals surface area contributed by atoms with Gasteiger partial charge >= 0.3 is 0 Å². The Hall–Kier alpha value is -3.52. The average Bonchev–Trinajstić information content (AvgIpc) is 2.74. The van der Waals surface area contributed by atoms with Crippen molar-refractivity contribution >= 4 is 27.3 Å². The Balaban J connectivity index is 1.64. The second-order valence-corrected chi connectivity index (χ2v) is 8.61. The first kappa shape index (κ1) is 22.2. The van der Waals surface area contributed by atoms with Crippen molar-refractivity contribution in [3.63, 3.8) is 0 Å². The molecule has 2 N–H and O–H groups in total. The average molecular weight is 441 g/mol. The highest BCUT2D eigenvalue weighted by molar-refractivity contribution is 7.92. The van der Waals surface area contributed by atoms with E-state index >= 15 is 0 Å². The third-order valence-corrected chi connectivity index (χ3v) is 5.82. The lowest BCUT2D eigenvalue weighted by atomic mass is 10.2. The van der Waals surface area contributed by atoms with Gasteiger partial charge in [0.05, 0.1) is 17.7 Å². The molecule has 0 aliphatic heterocycles. The number of aryl methyl sites for hydroxylation is 1. The van der Waals surface area contributed by atoms with E-state index in [1.54, 1.807) is 37.3 Å². The van der Waals surface area contributed by atoms with Gasteiger partial charge in [0, 0.05) is 11.8 Å². The van der Waals surface area contributed by atoms with Crippen molar-refractivity contribution in [3.8, 4) is 11.5 Å². The zero-order chi connectivity index (χ0) is 22.4. The largest absolute Gasteiger partial charge is 0.497 e. The summed E-state index contributed by atoms with van der Waals surface area (Å²) >= 11 is 0. The predicted octanol–water partition coefficient (Wildman–Crippen LogP) is 4.21. The molecule has 3 rings (SSSR count). The minimum Gasteiger partial charge on any atom is -0.497 e. The molecule has 0 aromatic heterocycles. The summed E-state index contributed by atoms with van der Waals surface area (Å²) in [4.78, 5) is 12.5. The molecule has 3 aromatic carbocycles. The van der Waals surface area contributed by atoms with Gasteiger partial charge in [-0.25, -0.2) is 8.42 Å². The Bertz CT molecular complexity index is 1160. The molecule has 0 saturated carbocycles. The smallest absolute Gasteiger partial charge is 0.265 e. The molecular formula is C23H24N2O5S. The fourth-order valence-electron chi connectivity index (χ4n) is 2.81. The molecule has 0 saturated heterocycles. The van der Waals surface area contributed by atoms with Crippen LogP contribution in [0.2, 0.25) is 0 Å². The highest BCUT2D eigenvalue weighted by Gasteiger charge is 2.17. The SMILES string of the molecule is COc1cccc(NS(=O)(=O)c2ccc(NC(=O)[C@H](C)Oc3cccc(C)c3)cc2)c1. The second kappa shape index (κ2) is 9.53. The highest BCUT2D eigenvalue weighted by Crippen LogP contribution is 2.22. The van der Waals surface area contributed by atoms with Gasteiger partial charge in [0.15, 0.2) is 6.10 Å². The van der Waals surface area contributed by atoms with Crippen LogP contribution >= 0.6 is 0 Å². The number of anilines is 2. The molecule has 0 bridgehead atoms. The topological polar surface area (TPSA) is 93.7 Å². The summed E-state index contributed by atoms with van der Waals surface area (Å²) in [5.74, 6) is 0.805. The molecule has 162 valence electrons. The standard InChI is InChI=1S/C23H24N2O5S/c1-16-6-4-9-21(14-16)30-17(2)23(26)24-18-10-12-22(13-11-18)31(27,28)25-19-7-5-8-20(15-19)29-3/h4-15,17,25H,1-3H3,(H,24,26)/t17-/m0/s1. The predicted molar refractivity (Wildman–Crippen MR) is 120 cm³/mol. The molecule has 0 fully saturated rings. The minimum absolute atomic E-state index is 0.0670. The highest BCUT2D eigenvalue weighted by atomic mass is 32.2. The molecular weight excluding hydrogens is 416 g/mol. The summed E-state index contributed by atoms with van der Waals surface area (Å²) in [5, 5.41) is 2.72. The Morgan fingerprint density at radius 1 is 0.903 bits per heavy atom.